The van der Waals surface area contributed by atoms with E-state index in [1.165, 1.54) is 0 Å². The van der Waals surface area contributed by atoms with Crippen LogP contribution in [0.5, 0.6) is 5.75 Å². The van der Waals surface area contributed by atoms with Crippen molar-refractivity contribution in [1.82, 2.24) is 10.2 Å². The number of phenols is 1. The number of piperazine rings is 1. The van der Waals surface area contributed by atoms with Gasteiger partial charge in [0.15, 0.2) is 0 Å². The van der Waals surface area contributed by atoms with Crippen molar-refractivity contribution in [3.8, 4) is 5.75 Å². The summed E-state index contributed by atoms with van der Waals surface area (Å²) in [6, 6.07) is 3.75. The Balaban J connectivity index is 2.03. The second kappa shape index (κ2) is 7.25. The zero-order chi connectivity index (χ0) is 15.4. The fraction of sp³-hybridized carbons (Fsp3) is 0.647. The number of nitrogens with zero attached hydrogens (tertiary/aromatic N) is 1. The van der Waals surface area contributed by atoms with Gasteiger partial charge >= 0.3 is 0 Å². The fourth-order valence-electron chi connectivity index (χ4n) is 2.94. The molecule has 2 rings (SSSR count). The number of aliphatic hydroxyl groups excluding tert-OH is 1. The van der Waals surface area contributed by atoms with Gasteiger partial charge in [0, 0.05) is 32.7 Å². The molecular formula is C17H28N2O2. The van der Waals surface area contributed by atoms with Crippen molar-refractivity contribution in [3.63, 3.8) is 0 Å². The van der Waals surface area contributed by atoms with E-state index < -0.39 is 6.10 Å². The maximum atomic E-state index is 10.5. The van der Waals surface area contributed by atoms with Crippen molar-refractivity contribution in [1.29, 1.82) is 0 Å². The molecule has 1 fully saturated rings. The number of benzene rings is 1. The Morgan fingerprint density at radius 3 is 2.48 bits per heavy atom. The molecule has 0 bridgehead atoms. The van der Waals surface area contributed by atoms with Gasteiger partial charge in [-0.3, -0.25) is 0 Å². The van der Waals surface area contributed by atoms with E-state index in [2.05, 4.69) is 24.1 Å². The fourth-order valence-corrected chi connectivity index (χ4v) is 2.94. The molecule has 0 aromatic heterocycles. The van der Waals surface area contributed by atoms with Crippen LogP contribution < -0.4 is 5.32 Å². The molecule has 1 heterocycles. The monoisotopic (exact) mass is 292 g/mol. The molecule has 4 nitrogen and oxygen atoms in total. The van der Waals surface area contributed by atoms with E-state index in [1.54, 1.807) is 6.07 Å². The minimum Gasteiger partial charge on any atom is -0.508 e. The molecule has 0 amide bonds. The van der Waals surface area contributed by atoms with Gasteiger partial charge in [-0.1, -0.05) is 13.8 Å². The van der Waals surface area contributed by atoms with E-state index in [1.807, 2.05) is 13.0 Å². The molecule has 3 N–H and O–H groups in total. The van der Waals surface area contributed by atoms with Crippen molar-refractivity contribution >= 4 is 0 Å². The Kier molecular flexibility index (Phi) is 5.62. The van der Waals surface area contributed by atoms with E-state index in [-0.39, 0.29) is 5.92 Å². The Hall–Kier alpha value is -1.10. The number of nitrogens with one attached hydrogen (secondary N) is 1. The summed E-state index contributed by atoms with van der Waals surface area (Å²) in [7, 11) is 0. The lowest BCUT2D eigenvalue weighted by atomic mass is 9.93. The molecule has 0 aliphatic carbocycles. The van der Waals surface area contributed by atoms with Crippen LogP contribution in [0.25, 0.3) is 0 Å². The SMILES string of the molecule is Cc1cc(O)c(C(C)C)cc1C(O)CCN1CCNCC1. The Morgan fingerprint density at radius 2 is 1.86 bits per heavy atom. The van der Waals surface area contributed by atoms with Crippen molar-refractivity contribution in [2.24, 2.45) is 0 Å². The molecule has 1 saturated heterocycles. The second-order valence-electron chi connectivity index (χ2n) is 6.32. The Morgan fingerprint density at radius 1 is 1.19 bits per heavy atom. The minimum atomic E-state index is -0.460. The molecule has 118 valence electrons. The number of aliphatic hydroxyl groups is 1. The predicted octanol–water partition coefficient (Wildman–Crippen LogP) is 2.15. The third kappa shape index (κ3) is 4.19. The summed E-state index contributed by atoms with van der Waals surface area (Å²) < 4.78 is 0. The molecule has 21 heavy (non-hydrogen) atoms. The minimum absolute atomic E-state index is 0.254. The second-order valence-corrected chi connectivity index (χ2v) is 6.32. The van der Waals surface area contributed by atoms with E-state index in [0.29, 0.717) is 5.75 Å². The number of phenolic OH excluding ortho intramolecular Hbond substituents is 1. The highest BCUT2D eigenvalue weighted by Gasteiger charge is 2.17. The van der Waals surface area contributed by atoms with Gasteiger partial charge in [-0.25, -0.2) is 0 Å². The van der Waals surface area contributed by atoms with Gasteiger partial charge in [0.1, 0.15) is 5.75 Å². The van der Waals surface area contributed by atoms with Gasteiger partial charge in [-0.15, -0.1) is 0 Å². The molecule has 1 aliphatic rings. The van der Waals surface area contributed by atoms with E-state index in [0.717, 1.165) is 55.8 Å². The average Bonchev–Trinajstić information content (AvgIpc) is 2.45. The summed E-state index contributed by atoms with van der Waals surface area (Å²) >= 11 is 0. The van der Waals surface area contributed by atoms with E-state index in [4.69, 9.17) is 0 Å². The molecule has 1 aliphatic heterocycles. The van der Waals surface area contributed by atoms with Crippen LogP contribution in [0.2, 0.25) is 0 Å². The summed E-state index contributed by atoms with van der Waals surface area (Å²) in [6.07, 6.45) is 0.279. The van der Waals surface area contributed by atoms with Crippen molar-refractivity contribution < 1.29 is 10.2 Å². The predicted molar refractivity (Wildman–Crippen MR) is 85.8 cm³/mol. The highest BCUT2D eigenvalue weighted by molar-refractivity contribution is 5.43. The average molecular weight is 292 g/mol. The molecule has 1 unspecified atom stereocenters. The van der Waals surface area contributed by atoms with Crippen LogP contribution in [0.15, 0.2) is 12.1 Å². The summed E-state index contributed by atoms with van der Waals surface area (Å²) in [5.41, 5.74) is 2.83. The van der Waals surface area contributed by atoms with Crippen molar-refractivity contribution in [3.05, 3.63) is 28.8 Å². The quantitative estimate of drug-likeness (QED) is 0.778. The Labute approximate surface area is 127 Å². The molecular weight excluding hydrogens is 264 g/mol. The standard InChI is InChI=1S/C17H28N2O2/c1-12(2)14-11-15(13(3)10-17(14)21)16(20)4-7-19-8-5-18-6-9-19/h10-12,16,18,20-21H,4-9H2,1-3H3. The summed E-state index contributed by atoms with van der Waals surface area (Å²) in [5.74, 6) is 0.588. The van der Waals surface area contributed by atoms with Crippen LogP contribution in [0.1, 0.15) is 49.0 Å². The number of rotatable bonds is 5. The smallest absolute Gasteiger partial charge is 0.119 e. The van der Waals surface area contributed by atoms with Crippen molar-refractivity contribution in [2.45, 2.75) is 39.2 Å². The number of aryl methyl sites for hydroxylation is 1. The highest BCUT2D eigenvalue weighted by Crippen LogP contribution is 2.32. The molecule has 0 saturated carbocycles. The van der Waals surface area contributed by atoms with E-state index >= 15 is 0 Å². The lowest BCUT2D eigenvalue weighted by molar-refractivity contribution is 0.136. The van der Waals surface area contributed by atoms with Crippen LogP contribution in [-0.2, 0) is 0 Å². The van der Waals surface area contributed by atoms with Gasteiger partial charge in [-0.2, -0.15) is 0 Å². The largest absolute Gasteiger partial charge is 0.508 e. The van der Waals surface area contributed by atoms with Crippen LogP contribution in [-0.4, -0.2) is 47.8 Å². The highest BCUT2D eigenvalue weighted by atomic mass is 16.3. The van der Waals surface area contributed by atoms with Gasteiger partial charge in [0.2, 0.25) is 0 Å². The molecule has 1 aromatic rings. The molecule has 1 aromatic carbocycles. The topological polar surface area (TPSA) is 55.7 Å². The lowest BCUT2D eigenvalue weighted by Gasteiger charge is -2.28. The van der Waals surface area contributed by atoms with Crippen molar-refractivity contribution in [2.75, 3.05) is 32.7 Å². The first-order valence-corrected chi connectivity index (χ1v) is 7.93. The normalized spacial score (nSPS) is 18.1. The Bertz CT molecular complexity index is 468. The summed E-state index contributed by atoms with van der Waals surface area (Å²) in [6.45, 7) is 11.2. The van der Waals surface area contributed by atoms with Crippen LogP contribution >= 0.6 is 0 Å². The van der Waals surface area contributed by atoms with Gasteiger partial charge in [-0.05, 0) is 48.1 Å². The molecule has 1 atom stereocenters. The molecule has 4 heteroatoms. The zero-order valence-corrected chi connectivity index (χ0v) is 13.4. The van der Waals surface area contributed by atoms with Gasteiger partial charge in [0.25, 0.3) is 0 Å². The van der Waals surface area contributed by atoms with Crippen LogP contribution in [0.4, 0.5) is 0 Å². The van der Waals surface area contributed by atoms with Gasteiger partial charge < -0.3 is 20.4 Å². The van der Waals surface area contributed by atoms with Gasteiger partial charge in [0.05, 0.1) is 6.10 Å². The van der Waals surface area contributed by atoms with Crippen LogP contribution in [0.3, 0.4) is 0 Å². The summed E-state index contributed by atoms with van der Waals surface area (Å²) in [5, 5.41) is 23.8. The first-order chi connectivity index (χ1) is 9.99. The first-order valence-electron chi connectivity index (χ1n) is 7.93. The summed E-state index contributed by atoms with van der Waals surface area (Å²) in [4.78, 5) is 2.39. The molecule has 0 radical (unpaired) electrons. The maximum Gasteiger partial charge on any atom is 0.119 e. The number of aromatic hydroxyl groups is 1. The zero-order valence-electron chi connectivity index (χ0n) is 13.4. The molecule has 0 spiro atoms. The third-order valence-corrected chi connectivity index (χ3v) is 4.32. The lowest BCUT2D eigenvalue weighted by Crippen LogP contribution is -2.44. The number of hydrogen-bond donors (Lipinski definition) is 3. The maximum absolute atomic E-state index is 10.5. The first kappa shape index (κ1) is 16.3. The third-order valence-electron chi connectivity index (χ3n) is 4.32. The van der Waals surface area contributed by atoms with Crippen LogP contribution in [0, 0.1) is 6.92 Å². The van der Waals surface area contributed by atoms with E-state index in [9.17, 15) is 10.2 Å². The number of hydrogen-bond acceptors (Lipinski definition) is 4.